The van der Waals surface area contributed by atoms with Crippen LogP contribution in [0.4, 0.5) is 5.69 Å². The molecule has 1 aromatic heterocycles. The van der Waals surface area contributed by atoms with Crippen LogP contribution in [0.3, 0.4) is 0 Å². The molecule has 0 unspecified atom stereocenters. The van der Waals surface area contributed by atoms with Gasteiger partial charge in [0, 0.05) is 12.2 Å². The summed E-state index contributed by atoms with van der Waals surface area (Å²) in [4.78, 5) is 25.7. The number of methoxy groups -OCH3 is 1. The van der Waals surface area contributed by atoms with Crippen molar-refractivity contribution < 1.29 is 14.3 Å². The van der Waals surface area contributed by atoms with Gasteiger partial charge in [0.2, 0.25) is 5.91 Å². The van der Waals surface area contributed by atoms with Crippen LogP contribution in [0, 0.1) is 0 Å². The summed E-state index contributed by atoms with van der Waals surface area (Å²) in [6.45, 7) is 0.670. The fraction of sp³-hybridized carbons (Fsp3) is 0.250. The van der Waals surface area contributed by atoms with E-state index in [1.807, 2.05) is 29.0 Å². The molecule has 2 aromatic rings. The Balaban J connectivity index is 1.80. The van der Waals surface area contributed by atoms with Gasteiger partial charge in [0.05, 0.1) is 19.1 Å². The van der Waals surface area contributed by atoms with Crippen LogP contribution in [-0.4, -0.2) is 25.5 Å². The molecule has 108 valence electrons. The molecule has 5 heteroatoms. The quantitative estimate of drug-likeness (QED) is 0.819. The zero-order valence-electron chi connectivity index (χ0n) is 11.7. The SMILES string of the molecule is COC(=O)c1ccc2c(c1)CCN2C(=O)Cc1ccsc1. The second-order valence-electron chi connectivity index (χ2n) is 4.94. The maximum absolute atomic E-state index is 12.4. The van der Waals surface area contributed by atoms with Gasteiger partial charge in [-0.2, -0.15) is 11.3 Å². The first-order valence-electron chi connectivity index (χ1n) is 6.71. The van der Waals surface area contributed by atoms with E-state index in [0.29, 0.717) is 18.5 Å². The number of anilines is 1. The Hall–Kier alpha value is -2.14. The van der Waals surface area contributed by atoms with Crippen molar-refractivity contribution >= 4 is 28.9 Å². The third-order valence-corrected chi connectivity index (χ3v) is 4.36. The first-order valence-corrected chi connectivity index (χ1v) is 7.66. The number of esters is 1. The van der Waals surface area contributed by atoms with Crippen molar-refractivity contribution in [3.8, 4) is 0 Å². The number of carbonyl (C=O) groups excluding carboxylic acids is 2. The van der Waals surface area contributed by atoms with Gasteiger partial charge in [-0.1, -0.05) is 0 Å². The van der Waals surface area contributed by atoms with E-state index in [0.717, 1.165) is 23.2 Å². The van der Waals surface area contributed by atoms with Crippen LogP contribution in [0.5, 0.6) is 0 Å². The molecule has 1 aliphatic rings. The van der Waals surface area contributed by atoms with Crippen molar-refractivity contribution in [1.29, 1.82) is 0 Å². The van der Waals surface area contributed by atoms with Gasteiger partial charge in [0.1, 0.15) is 0 Å². The van der Waals surface area contributed by atoms with Crippen molar-refractivity contribution in [1.82, 2.24) is 0 Å². The number of rotatable bonds is 3. The van der Waals surface area contributed by atoms with Crippen molar-refractivity contribution in [3.05, 3.63) is 51.7 Å². The van der Waals surface area contributed by atoms with Gasteiger partial charge in [-0.05, 0) is 52.6 Å². The molecule has 1 aliphatic heterocycles. The largest absolute Gasteiger partial charge is 0.465 e. The molecule has 0 atom stereocenters. The maximum atomic E-state index is 12.4. The minimum atomic E-state index is -0.346. The summed E-state index contributed by atoms with van der Waals surface area (Å²) in [5.41, 5.74) is 3.51. The number of amides is 1. The van der Waals surface area contributed by atoms with E-state index in [9.17, 15) is 9.59 Å². The Labute approximate surface area is 127 Å². The number of thiophene rings is 1. The summed E-state index contributed by atoms with van der Waals surface area (Å²) >= 11 is 1.60. The lowest BCUT2D eigenvalue weighted by molar-refractivity contribution is -0.117. The van der Waals surface area contributed by atoms with Crippen molar-refractivity contribution in [2.45, 2.75) is 12.8 Å². The summed E-state index contributed by atoms with van der Waals surface area (Å²) in [6, 6.07) is 7.33. The number of nitrogens with zero attached hydrogens (tertiary/aromatic N) is 1. The van der Waals surface area contributed by atoms with Gasteiger partial charge >= 0.3 is 5.97 Å². The Bertz CT molecular complexity index is 679. The molecular formula is C16H15NO3S. The van der Waals surface area contributed by atoms with Crippen LogP contribution in [0.15, 0.2) is 35.0 Å². The fourth-order valence-corrected chi connectivity index (χ4v) is 3.24. The minimum Gasteiger partial charge on any atom is -0.465 e. The van der Waals surface area contributed by atoms with Gasteiger partial charge in [-0.3, -0.25) is 4.79 Å². The molecule has 0 saturated heterocycles. The third kappa shape index (κ3) is 2.69. The number of ether oxygens (including phenoxy) is 1. The molecule has 2 heterocycles. The molecular weight excluding hydrogens is 286 g/mol. The number of hydrogen-bond donors (Lipinski definition) is 0. The predicted molar refractivity (Wildman–Crippen MR) is 81.9 cm³/mol. The normalized spacial score (nSPS) is 13.1. The summed E-state index contributed by atoms with van der Waals surface area (Å²) in [7, 11) is 1.37. The second-order valence-corrected chi connectivity index (χ2v) is 5.72. The highest BCUT2D eigenvalue weighted by Gasteiger charge is 2.25. The monoisotopic (exact) mass is 301 g/mol. The van der Waals surface area contributed by atoms with Crippen LogP contribution < -0.4 is 4.90 Å². The molecule has 0 radical (unpaired) electrons. The highest BCUT2D eigenvalue weighted by Crippen LogP contribution is 2.29. The van der Waals surface area contributed by atoms with E-state index >= 15 is 0 Å². The van der Waals surface area contributed by atoms with E-state index in [2.05, 4.69) is 0 Å². The maximum Gasteiger partial charge on any atom is 0.337 e. The lowest BCUT2D eigenvalue weighted by Crippen LogP contribution is -2.30. The van der Waals surface area contributed by atoms with Gasteiger partial charge < -0.3 is 9.64 Å². The number of hydrogen-bond acceptors (Lipinski definition) is 4. The van der Waals surface area contributed by atoms with E-state index in [1.165, 1.54) is 7.11 Å². The van der Waals surface area contributed by atoms with Crippen molar-refractivity contribution in [2.75, 3.05) is 18.6 Å². The average Bonchev–Trinajstić information content (AvgIpc) is 3.14. The molecule has 0 aliphatic carbocycles. The Kier molecular flexibility index (Phi) is 3.75. The van der Waals surface area contributed by atoms with Crippen LogP contribution >= 0.6 is 11.3 Å². The topological polar surface area (TPSA) is 46.6 Å². The third-order valence-electron chi connectivity index (χ3n) is 3.63. The standard InChI is InChI=1S/C16H15NO3S/c1-20-16(19)13-2-3-14-12(9-13)4-6-17(14)15(18)8-11-5-7-21-10-11/h2-3,5,7,9-10H,4,6,8H2,1H3. The van der Waals surface area contributed by atoms with Gasteiger partial charge in [-0.15, -0.1) is 0 Å². The van der Waals surface area contributed by atoms with E-state index in [-0.39, 0.29) is 11.9 Å². The van der Waals surface area contributed by atoms with Gasteiger partial charge in [0.25, 0.3) is 0 Å². The highest BCUT2D eigenvalue weighted by atomic mass is 32.1. The van der Waals surface area contributed by atoms with Crippen molar-refractivity contribution in [3.63, 3.8) is 0 Å². The average molecular weight is 301 g/mol. The molecule has 3 rings (SSSR count). The lowest BCUT2D eigenvalue weighted by atomic mass is 10.1. The molecule has 0 spiro atoms. The highest BCUT2D eigenvalue weighted by molar-refractivity contribution is 7.08. The summed E-state index contributed by atoms with van der Waals surface area (Å²) in [5.74, 6) is -0.251. The summed E-state index contributed by atoms with van der Waals surface area (Å²) < 4.78 is 4.72. The number of fused-ring (bicyclic) bond motifs is 1. The second kappa shape index (κ2) is 5.69. The van der Waals surface area contributed by atoms with E-state index < -0.39 is 0 Å². The van der Waals surface area contributed by atoms with Gasteiger partial charge in [-0.25, -0.2) is 4.79 Å². The minimum absolute atomic E-state index is 0.0953. The van der Waals surface area contributed by atoms with Crippen LogP contribution in [-0.2, 0) is 22.4 Å². The molecule has 0 bridgehead atoms. The fourth-order valence-electron chi connectivity index (χ4n) is 2.57. The van der Waals surface area contributed by atoms with Crippen LogP contribution in [0.25, 0.3) is 0 Å². The number of benzene rings is 1. The molecule has 4 nitrogen and oxygen atoms in total. The van der Waals surface area contributed by atoms with E-state index in [1.54, 1.807) is 22.3 Å². The summed E-state index contributed by atoms with van der Waals surface area (Å²) in [6.07, 6.45) is 1.19. The number of carbonyl (C=O) groups is 2. The van der Waals surface area contributed by atoms with Crippen molar-refractivity contribution in [2.24, 2.45) is 0 Å². The molecule has 21 heavy (non-hydrogen) atoms. The molecule has 0 N–H and O–H groups in total. The smallest absolute Gasteiger partial charge is 0.337 e. The Morgan fingerprint density at radius 1 is 1.33 bits per heavy atom. The molecule has 1 aromatic carbocycles. The summed E-state index contributed by atoms with van der Waals surface area (Å²) in [5, 5.41) is 3.97. The molecule has 0 fully saturated rings. The first kappa shape index (κ1) is 13.8. The van der Waals surface area contributed by atoms with E-state index in [4.69, 9.17) is 4.74 Å². The first-order chi connectivity index (χ1) is 10.2. The Morgan fingerprint density at radius 2 is 2.19 bits per heavy atom. The van der Waals surface area contributed by atoms with Crippen LogP contribution in [0.1, 0.15) is 21.5 Å². The zero-order chi connectivity index (χ0) is 14.8. The molecule has 0 saturated carbocycles. The predicted octanol–water partition coefficient (Wildman–Crippen LogP) is 2.67. The Morgan fingerprint density at radius 3 is 2.90 bits per heavy atom. The molecule has 1 amide bonds. The lowest BCUT2D eigenvalue weighted by Gasteiger charge is -2.17. The van der Waals surface area contributed by atoms with Crippen LogP contribution in [0.2, 0.25) is 0 Å². The zero-order valence-corrected chi connectivity index (χ0v) is 12.5. The van der Waals surface area contributed by atoms with Gasteiger partial charge in [0.15, 0.2) is 0 Å².